The minimum absolute atomic E-state index is 0.0679. The van der Waals surface area contributed by atoms with E-state index in [1.165, 1.54) is 11.0 Å². The molecular weight excluding hydrogens is 372 g/mol. The average Bonchev–Trinajstić information content (AvgIpc) is 2.96. The fourth-order valence-electron chi connectivity index (χ4n) is 2.77. The van der Waals surface area contributed by atoms with Gasteiger partial charge in [-0.1, -0.05) is 12.1 Å². The van der Waals surface area contributed by atoms with Gasteiger partial charge in [0.2, 0.25) is 11.8 Å². The normalized spacial score (nSPS) is 12.9. The number of carbonyl (C=O) groups is 2. The van der Waals surface area contributed by atoms with Crippen LogP contribution in [0.25, 0.3) is 6.08 Å². The van der Waals surface area contributed by atoms with Crippen LogP contribution in [0.5, 0.6) is 17.2 Å². The van der Waals surface area contributed by atoms with Gasteiger partial charge in [-0.15, -0.1) is 0 Å². The molecule has 0 spiro atoms. The van der Waals surface area contributed by atoms with Crippen molar-refractivity contribution >= 4 is 23.6 Å². The van der Waals surface area contributed by atoms with Crippen molar-refractivity contribution in [2.24, 2.45) is 0 Å². The Hall–Kier alpha value is -3.48. The Kier molecular flexibility index (Phi) is 6.73. The van der Waals surface area contributed by atoms with E-state index in [4.69, 9.17) is 14.2 Å². The Morgan fingerprint density at radius 1 is 1.14 bits per heavy atom. The summed E-state index contributed by atoms with van der Waals surface area (Å²) in [5.41, 5.74) is 1.43. The molecule has 2 aromatic carbocycles. The molecule has 1 N–H and O–H groups in total. The first-order chi connectivity index (χ1) is 14.0. The summed E-state index contributed by atoms with van der Waals surface area (Å²) in [7, 11) is 3.13. The fourth-order valence-corrected chi connectivity index (χ4v) is 2.77. The third-order valence-corrected chi connectivity index (χ3v) is 4.30. The van der Waals surface area contributed by atoms with Crippen LogP contribution < -0.4 is 19.5 Å². The summed E-state index contributed by atoms with van der Waals surface area (Å²) in [6, 6.07) is 12.6. The molecule has 0 bridgehead atoms. The Morgan fingerprint density at radius 2 is 1.93 bits per heavy atom. The van der Waals surface area contributed by atoms with Gasteiger partial charge in [-0.3, -0.25) is 9.59 Å². The van der Waals surface area contributed by atoms with Crippen molar-refractivity contribution in [3.63, 3.8) is 0 Å². The summed E-state index contributed by atoms with van der Waals surface area (Å²) >= 11 is 0. The van der Waals surface area contributed by atoms with Crippen LogP contribution in [-0.4, -0.2) is 50.6 Å². The number of nitrogens with one attached hydrogen (secondary N) is 1. The minimum Gasteiger partial charge on any atom is -0.497 e. The number of fused-ring (bicyclic) bond motifs is 1. The predicted molar refractivity (Wildman–Crippen MR) is 110 cm³/mol. The molecule has 0 saturated heterocycles. The number of amides is 2. The molecule has 7 nitrogen and oxygen atoms in total. The molecule has 0 radical (unpaired) electrons. The molecule has 2 amide bonds. The second-order valence-electron chi connectivity index (χ2n) is 6.56. The Labute approximate surface area is 169 Å². The number of rotatable bonds is 6. The zero-order chi connectivity index (χ0) is 20.6. The zero-order valence-electron chi connectivity index (χ0n) is 16.5. The van der Waals surface area contributed by atoms with Gasteiger partial charge in [0.15, 0.2) is 11.5 Å². The molecule has 1 aliphatic rings. The number of ether oxygens (including phenoxy) is 3. The van der Waals surface area contributed by atoms with Gasteiger partial charge in [-0.05, 0) is 35.9 Å². The standard InChI is InChI=1S/C22H24N2O5/c1-24(15-21(25)23-17-5-3-6-18(14-17)27-2)22(26)10-8-16-7-9-19-20(13-16)29-12-4-11-28-19/h3,5-10,13-14H,4,11-12,15H2,1-2H3,(H,23,25). The van der Waals surface area contributed by atoms with Crippen molar-refractivity contribution in [1.82, 2.24) is 4.90 Å². The number of nitrogens with zero attached hydrogens (tertiary/aromatic N) is 1. The second kappa shape index (κ2) is 9.64. The van der Waals surface area contributed by atoms with E-state index in [1.54, 1.807) is 44.5 Å². The van der Waals surface area contributed by atoms with E-state index in [2.05, 4.69) is 5.32 Å². The molecule has 0 fully saturated rings. The van der Waals surface area contributed by atoms with E-state index in [9.17, 15) is 9.59 Å². The van der Waals surface area contributed by atoms with Crippen LogP contribution in [0.15, 0.2) is 48.5 Å². The summed E-state index contributed by atoms with van der Waals surface area (Å²) in [5, 5.41) is 2.75. The van der Waals surface area contributed by atoms with Crippen molar-refractivity contribution in [3.05, 3.63) is 54.1 Å². The van der Waals surface area contributed by atoms with Gasteiger partial charge in [-0.2, -0.15) is 0 Å². The number of methoxy groups -OCH3 is 1. The van der Waals surface area contributed by atoms with Gasteiger partial charge in [-0.25, -0.2) is 0 Å². The van der Waals surface area contributed by atoms with Crippen molar-refractivity contribution in [2.75, 3.05) is 39.2 Å². The number of anilines is 1. The van der Waals surface area contributed by atoms with Crippen molar-refractivity contribution in [3.8, 4) is 17.2 Å². The Morgan fingerprint density at radius 3 is 2.72 bits per heavy atom. The number of carbonyl (C=O) groups excluding carboxylic acids is 2. The molecule has 0 unspecified atom stereocenters. The lowest BCUT2D eigenvalue weighted by atomic mass is 10.2. The fraction of sp³-hybridized carbons (Fsp3) is 0.273. The number of hydrogen-bond acceptors (Lipinski definition) is 5. The Bertz CT molecular complexity index is 910. The predicted octanol–water partition coefficient (Wildman–Crippen LogP) is 2.97. The first-order valence-electron chi connectivity index (χ1n) is 9.32. The van der Waals surface area contributed by atoms with Crippen molar-refractivity contribution < 1.29 is 23.8 Å². The quantitative estimate of drug-likeness (QED) is 0.760. The van der Waals surface area contributed by atoms with Gasteiger partial charge in [0, 0.05) is 31.3 Å². The first-order valence-corrected chi connectivity index (χ1v) is 9.32. The molecule has 1 heterocycles. The monoisotopic (exact) mass is 396 g/mol. The maximum Gasteiger partial charge on any atom is 0.246 e. The zero-order valence-corrected chi connectivity index (χ0v) is 16.5. The molecule has 0 aromatic heterocycles. The van der Waals surface area contributed by atoms with E-state index in [-0.39, 0.29) is 18.4 Å². The molecular formula is C22H24N2O5. The molecule has 152 valence electrons. The van der Waals surface area contributed by atoms with E-state index < -0.39 is 0 Å². The van der Waals surface area contributed by atoms with Crippen LogP contribution in [0.3, 0.4) is 0 Å². The highest BCUT2D eigenvalue weighted by molar-refractivity contribution is 5.98. The van der Waals surface area contributed by atoms with Gasteiger partial charge in [0.1, 0.15) is 5.75 Å². The first kappa shape index (κ1) is 20.3. The number of likely N-dealkylation sites (N-methyl/N-ethyl adjacent to an activating group) is 1. The molecule has 0 atom stereocenters. The number of hydrogen-bond donors (Lipinski definition) is 1. The lowest BCUT2D eigenvalue weighted by Crippen LogP contribution is -2.33. The van der Waals surface area contributed by atoms with E-state index >= 15 is 0 Å². The highest BCUT2D eigenvalue weighted by atomic mass is 16.5. The summed E-state index contributed by atoms with van der Waals surface area (Å²) in [6.07, 6.45) is 3.95. The van der Waals surface area contributed by atoms with Crippen LogP contribution in [0.2, 0.25) is 0 Å². The van der Waals surface area contributed by atoms with E-state index in [0.717, 1.165) is 12.0 Å². The summed E-state index contributed by atoms with van der Waals surface area (Å²) < 4.78 is 16.4. The lowest BCUT2D eigenvalue weighted by molar-refractivity contribution is -0.129. The van der Waals surface area contributed by atoms with Crippen LogP contribution in [-0.2, 0) is 9.59 Å². The SMILES string of the molecule is COc1cccc(NC(=O)CN(C)C(=O)C=Cc2ccc3c(c2)OCCCO3)c1. The summed E-state index contributed by atoms with van der Waals surface area (Å²) in [5.74, 6) is 1.45. The highest BCUT2D eigenvalue weighted by Gasteiger charge is 2.12. The van der Waals surface area contributed by atoms with Crippen LogP contribution in [0.4, 0.5) is 5.69 Å². The van der Waals surface area contributed by atoms with Gasteiger partial charge in [0.05, 0.1) is 26.9 Å². The highest BCUT2D eigenvalue weighted by Crippen LogP contribution is 2.30. The molecule has 7 heteroatoms. The van der Waals surface area contributed by atoms with Crippen LogP contribution in [0, 0.1) is 0 Å². The number of benzene rings is 2. The van der Waals surface area contributed by atoms with Crippen molar-refractivity contribution in [2.45, 2.75) is 6.42 Å². The third kappa shape index (κ3) is 5.75. The van der Waals surface area contributed by atoms with E-state index in [1.807, 2.05) is 18.2 Å². The lowest BCUT2D eigenvalue weighted by Gasteiger charge is -2.15. The smallest absolute Gasteiger partial charge is 0.246 e. The molecule has 0 aliphatic carbocycles. The molecule has 2 aromatic rings. The Balaban J connectivity index is 1.55. The summed E-state index contributed by atoms with van der Waals surface area (Å²) in [4.78, 5) is 25.9. The summed E-state index contributed by atoms with van der Waals surface area (Å²) in [6.45, 7) is 1.16. The topological polar surface area (TPSA) is 77.1 Å². The van der Waals surface area contributed by atoms with Gasteiger partial charge in [0.25, 0.3) is 0 Å². The minimum atomic E-state index is -0.293. The largest absolute Gasteiger partial charge is 0.497 e. The third-order valence-electron chi connectivity index (χ3n) is 4.30. The molecule has 29 heavy (non-hydrogen) atoms. The van der Waals surface area contributed by atoms with Gasteiger partial charge < -0.3 is 24.4 Å². The molecule has 3 rings (SSSR count). The molecule has 1 aliphatic heterocycles. The maximum atomic E-state index is 12.3. The second-order valence-corrected chi connectivity index (χ2v) is 6.56. The van der Waals surface area contributed by atoms with Crippen LogP contribution >= 0.6 is 0 Å². The van der Waals surface area contributed by atoms with E-state index in [0.29, 0.717) is 36.1 Å². The van der Waals surface area contributed by atoms with Crippen LogP contribution in [0.1, 0.15) is 12.0 Å². The van der Waals surface area contributed by atoms with Crippen molar-refractivity contribution in [1.29, 1.82) is 0 Å². The maximum absolute atomic E-state index is 12.3. The molecule has 0 saturated carbocycles. The average molecular weight is 396 g/mol. The van der Waals surface area contributed by atoms with Gasteiger partial charge >= 0.3 is 0 Å².